The van der Waals surface area contributed by atoms with Crippen molar-refractivity contribution < 1.29 is 19.1 Å². The molecule has 1 aromatic heterocycles. The van der Waals surface area contributed by atoms with Gasteiger partial charge in [0.1, 0.15) is 11.5 Å². The van der Waals surface area contributed by atoms with Crippen LogP contribution in [0.2, 0.25) is 0 Å². The minimum absolute atomic E-state index is 0.0381. The van der Waals surface area contributed by atoms with E-state index in [2.05, 4.69) is 0 Å². The minimum Gasteiger partial charge on any atom is -0.502 e. The van der Waals surface area contributed by atoms with E-state index < -0.39 is 23.0 Å². The van der Waals surface area contributed by atoms with Gasteiger partial charge in [-0.05, 0) is 38.5 Å². The quantitative estimate of drug-likeness (QED) is 0.846. The number of benzene rings is 1. The third kappa shape index (κ3) is 4.16. The van der Waals surface area contributed by atoms with Gasteiger partial charge in [-0.1, -0.05) is 12.1 Å². The first kappa shape index (κ1) is 17.6. The molecule has 0 fully saturated rings. The molecule has 0 spiro atoms. The molecule has 6 nitrogen and oxygen atoms in total. The lowest BCUT2D eigenvalue weighted by molar-refractivity contribution is -0.118. The van der Waals surface area contributed by atoms with Crippen LogP contribution >= 0.6 is 0 Å². The first-order valence-electron chi connectivity index (χ1n) is 7.66. The molecule has 1 amide bonds. The van der Waals surface area contributed by atoms with Gasteiger partial charge in [0, 0.05) is 12.5 Å². The number of ether oxygens (including phenoxy) is 1. The summed E-state index contributed by atoms with van der Waals surface area (Å²) < 4.78 is 11.1. The highest BCUT2D eigenvalue weighted by atomic mass is 16.5. The Morgan fingerprint density at radius 2 is 1.92 bits per heavy atom. The van der Waals surface area contributed by atoms with Crippen LogP contribution in [0.3, 0.4) is 0 Å². The van der Waals surface area contributed by atoms with Crippen LogP contribution in [0.4, 0.5) is 0 Å². The average Bonchev–Trinajstić information content (AvgIpc) is 2.49. The molecule has 0 bridgehead atoms. The average molecular weight is 331 g/mol. The van der Waals surface area contributed by atoms with Crippen LogP contribution in [0.25, 0.3) is 0 Å². The molecule has 1 heterocycles. The second-order valence-electron chi connectivity index (χ2n) is 5.89. The highest BCUT2D eigenvalue weighted by molar-refractivity contribution is 5.75. The van der Waals surface area contributed by atoms with Crippen molar-refractivity contribution in [2.75, 3.05) is 0 Å². The summed E-state index contributed by atoms with van der Waals surface area (Å²) in [6.07, 6.45) is -0.0549. The van der Waals surface area contributed by atoms with E-state index in [0.717, 1.165) is 0 Å². The van der Waals surface area contributed by atoms with Gasteiger partial charge in [-0.15, -0.1) is 0 Å². The van der Waals surface area contributed by atoms with Gasteiger partial charge < -0.3 is 20.0 Å². The summed E-state index contributed by atoms with van der Waals surface area (Å²) in [6, 6.07) is 8.22. The van der Waals surface area contributed by atoms with Gasteiger partial charge in [0.2, 0.25) is 17.1 Å². The molecule has 2 rings (SSSR count). The van der Waals surface area contributed by atoms with Crippen molar-refractivity contribution in [3.05, 3.63) is 57.6 Å². The maximum absolute atomic E-state index is 11.8. The molecule has 0 saturated carbocycles. The first-order valence-corrected chi connectivity index (χ1v) is 7.66. The zero-order valence-corrected chi connectivity index (χ0v) is 13.9. The SMILES string of the molecule is Cc1cc(=O)c(O)c(C(CC(N)=O)c2ccc(OC(C)C)cc2)o1. The normalized spacial score (nSPS) is 12.2. The maximum Gasteiger partial charge on any atom is 0.227 e. The summed E-state index contributed by atoms with van der Waals surface area (Å²) in [4.78, 5) is 23.3. The van der Waals surface area contributed by atoms with Crippen molar-refractivity contribution in [2.45, 2.75) is 39.2 Å². The number of aromatic hydroxyl groups is 1. The zero-order chi connectivity index (χ0) is 17.9. The number of nitrogens with two attached hydrogens (primary N) is 1. The van der Waals surface area contributed by atoms with Crippen molar-refractivity contribution in [3.63, 3.8) is 0 Å². The zero-order valence-electron chi connectivity index (χ0n) is 13.9. The van der Waals surface area contributed by atoms with Crippen LogP contribution in [-0.4, -0.2) is 17.1 Å². The second-order valence-corrected chi connectivity index (χ2v) is 5.89. The van der Waals surface area contributed by atoms with E-state index in [9.17, 15) is 14.7 Å². The molecule has 1 aromatic carbocycles. The number of carbonyl (C=O) groups excluding carboxylic acids is 1. The molecule has 1 unspecified atom stereocenters. The Hall–Kier alpha value is -2.76. The maximum atomic E-state index is 11.8. The fourth-order valence-corrected chi connectivity index (χ4v) is 2.48. The number of hydrogen-bond donors (Lipinski definition) is 2. The molecule has 2 aromatic rings. The molecular weight excluding hydrogens is 310 g/mol. The summed E-state index contributed by atoms with van der Waals surface area (Å²) >= 11 is 0. The van der Waals surface area contributed by atoms with Gasteiger partial charge in [0.15, 0.2) is 5.76 Å². The number of rotatable bonds is 6. The summed E-state index contributed by atoms with van der Waals surface area (Å²) in [7, 11) is 0. The van der Waals surface area contributed by atoms with Crippen molar-refractivity contribution >= 4 is 5.91 Å². The predicted molar refractivity (Wildman–Crippen MR) is 89.2 cm³/mol. The smallest absolute Gasteiger partial charge is 0.227 e. The van der Waals surface area contributed by atoms with E-state index in [1.165, 1.54) is 6.07 Å². The van der Waals surface area contributed by atoms with Gasteiger partial charge in [-0.25, -0.2) is 0 Å². The van der Waals surface area contributed by atoms with E-state index in [0.29, 0.717) is 17.1 Å². The summed E-state index contributed by atoms with van der Waals surface area (Å²) in [6.45, 7) is 5.44. The largest absolute Gasteiger partial charge is 0.502 e. The Morgan fingerprint density at radius 1 is 1.29 bits per heavy atom. The number of carbonyl (C=O) groups is 1. The minimum atomic E-state index is -0.650. The van der Waals surface area contributed by atoms with Crippen molar-refractivity contribution in [2.24, 2.45) is 5.73 Å². The summed E-state index contributed by atoms with van der Waals surface area (Å²) in [5, 5.41) is 10.1. The summed E-state index contributed by atoms with van der Waals surface area (Å²) in [5.41, 5.74) is 5.46. The van der Waals surface area contributed by atoms with Crippen LogP contribution in [-0.2, 0) is 4.79 Å². The molecule has 24 heavy (non-hydrogen) atoms. The molecule has 0 aliphatic carbocycles. The Bertz CT molecular complexity index is 777. The van der Waals surface area contributed by atoms with Gasteiger partial charge in [-0.2, -0.15) is 0 Å². The highest BCUT2D eigenvalue weighted by Gasteiger charge is 2.25. The molecule has 0 aliphatic heterocycles. The standard InChI is InChI=1S/C18H21NO5/c1-10(2)23-13-6-4-12(5-7-13)14(9-16(19)21)18-17(22)15(20)8-11(3)24-18/h4-8,10,14,22H,9H2,1-3H3,(H2,19,21). The van der Waals surface area contributed by atoms with Crippen molar-refractivity contribution in [1.29, 1.82) is 0 Å². The van der Waals surface area contributed by atoms with Gasteiger partial charge >= 0.3 is 0 Å². The number of aryl methyl sites for hydroxylation is 1. The van der Waals surface area contributed by atoms with E-state index in [4.69, 9.17) is 14.9 Å². The predicted octanol–water partition coefficient (Wildman–Crippen LogP) is 2.45. The van der Waals surface area contributed by atoms with Crippen LogP contribution in [0.15, 0.2) is 39.5 Å². The molecule has 1 atom stereocenters. The Labute approximate surface area is 139 Å². The Kier molecular flexibility index (Phi) is 5.28. The topological polar surface area (TPSA) is 103 Å². The van der Waals surface area contributed by atoms with E-state index in [1.54, 1.807) is 31.2 Å². The first-order chi connectivity index (χ1) is 11.3. The lowest BCUT2D eigenvalue weighted by Gasteiger charge is -2.17. The Balaban J connectivity index is 2.46. The van der Waals surface area contributed by atoms with E-state index >= 15 is 0 Å². The van der Waals surface area contributed by atoms with Crippen molar-refractivity contribution in [3.8, 4) is 11.5 Å². The van der Waals surface area contributed by atoms with E-state index in [-0.39, 0.29) is 18.3 Å². The summed E-state index contributed by atoms with van der Waals surface area (Å²) in [5.74, 6) is -0.650. The number of hydrogen-bond acceptors (Lipinski definition) is 5. The monoisotopic (exact) mass is 331 g/mol. The third-order valence-electron chi connectivity index (χ3n) is 3.45. The van der Waals surface area contributed by atoms with Gasteiger partial charge in [0.05, 0.1) is 12.0 Å². The van der Waals surface area contributed by atoms with Crippen LogP contribution in [0, 0.1) is 6.92 Å². The highest BCUT2D eigenvalue weighted by Crippen LogP contribution is 2.33. The fourth-order valence-electron chi connectivity index (χ4n) is 2.48. The Morgan fingerprint density at radius 3 is 2.46 bits per heavy atom. The fraction of sp³-hybridized carbons (Fsp3) is 0.333. The molecular formula is C18H21NO5. The second kappa shape index (κ2) is 7.21. The molecule has 0 radical (unpaired) electrons. The van der Waals surface area contributed by atoms with Crippen LogP contribution < -0.4 is 15.9 Å². The van der Waals surface area contributed by atoms with E-state index in [1.807, 2.05) is 13.8 Å². The molecule has 0 aliphatic rings. The molecule has 3 N–H and O–H groups in total. The third-order valence-corrected chi connectivity index (χ3v) is 3.45. The van der Waals surface area contributed by atoms with Crippen molar-refractivity contribution in [1.82, 2.24) is 0 Å². The van der Waals surface area contributed by atoms with Gasteiger partial charge in [0.25, 0.3) is 0 Å². The number of primary amides is 1. The molecule has 0 saturated heterocycles. The molecule has 128 valence electrons. The number of amides is 1. The lowest BCUT2D eigenvalue weighted by Crippen LogP contribution is -2.18. The van der Waals surface area contributed by atoms with Crippen LogP contribution in [0.5, 0.6) is 11.5 Å². The molecule has 6 heteroatoms. The van der Waals surface area contributed by atoms with Gasteiger partial charge in [-0.3, -0.25) is 9.59 Å². The lowest BCUT2D eigenvalue weighted by atomic mass is 9.92. The van der Waals surface area contributed by atoms with Crippen LogP contribution in [0.1, 0.15) is 43.3 Å².